The monoisotopic (exact) mass is 288 g/mol. The maximum Gasteiger partial charge on any atom is 0.0818 e. The van der Waals surface area contributed by atoms with Gasteiger partial charge in [-0.15, -0.1) is 0 Å². The molecule has 1 aliphatic carbocycles. The van der Waals surface area contributed by atoms with E-state index in [-0.39, 0.29) is 6.10 Å². The molecular weight excluding hydrogens is 256 g/mol. The molecule has 0 aliphatic heterocycles. The van der Waals surface area contributed by atoms with Crippen LogP contribution in [0.15, 0.2) is 24.3 Å². The van der Waals surface area contributed by atoms with Gasteiger partial charge in [0.15, 0.2) is 0 Å². The molecule has 0 bridgehead atoms. The summed E-state index contributed by atoms with van der Waals surface area (Å²) in [5, 5.41) is 10.7. The number of hydrogen-bond donors (Lipinski definition) is 1. The van der Waals surface area contributed by atoms with Crippen LogP contribution in [-0.2, 0) is 6.42 Å². The average molecular weight is 288 g/mol. The van der Waals surface area contributed by atoms with Crippen molar-refractivity contribution in [2.75, 3.05) is 0 Å². The fourth-order valence-electron chi connectivity index (χ4n) is 3.78. The topological polar surface area (TPSA) is 20.2 Å². The molecule has 2 rings (SSSR count). The minimum Gasteiger partial charge on any atom is -0.388 e. The highest BCUT2D eigenvalue weighted by Gasteiger charge is 2.27. The molecule has 118 valence electrons. The zero-order chi connectivity index (χ0) is 15.1. The zero-order valence-electron chi connectivity index (χ0n) is 13.9. The molecule has 1 heteroatoms. The Hall–Kier alpha value is -0.820. The summed E-state index contributed by atoms with van der Waals surface area (Å²) in [4.78, 5) is 0. The molecule has 1 aliphatic rings. The van der Waals surface area contributed by atoms with Gasteiger partial charge < -0.3 is 5.11 Å². The SMILES string of the molecule is CCCCC1CCC(C(O)c2cccc(CCC)c2)CC1. The van der Waals surface area contributed by atoms with E-state index in [0.717, 1.165) is 17.9 Å². The van der Waals surface area contributed by atoms with Crippen LogP contribution in [0.2, 0.25) is 0 Å². The van der Waals surface area contributed by atoms with E-state index in [1.54, 1.807) is 0 Å². The quantitative estimate of drug-likeness (QED) is 0.685. The minimum atomic E-state index is -0.256. The molecule has 0 spiro atoms. The molecule has 0 radical (unpaired) electrons. The summed E-state index contributed by atoms with van der Waals surface area (Å²) >= 11 is 0. The Morgan fingerprint density at radius 3 is 2.52 bits per heavy atom. The van der Waals surface area contributed by atoms with E-state index in [1.165, 1.54) is 56.9 Å². The van der Waals surface area contributed by atoms with Crippen LogP contribution in [0.25, 0.3) is 0 Å². The minimum absolute atomic E-state index is 0.256. The van der Waals surface area contributed by atoms with Crippen molar-refractivity contribution in [1.29, 1.82) is 0 Å². The highest BCUT2D eigenvalue weighted by atomic mass is 16.3. The van der Waals surface area contributed by atoms with Crippen molar-refractivity contribution in [2.24, 2.45) is 11.8 Å². The van der Waals surface area contributed by atoms with Gasteiger partial charge in [0.05, 0.1) is 6.10 Å². The van der Waals surface area contributed by atoms with Crippen LogP contribution in [0.3, 0.4) is 0 Å². The normalized spacial score (nSPS) is 24.0. The summed E-state index contributed by atoms with van der Waals surface area (Å²) < 4.78 is 0. The molecule has 0 amide bonds. The molecule has 0 saturated heterocycles. The second-order valence-corrected chi connectivity index (χ2v) is 6.86. The highest BCUT2D eigenvalue weighted by Crippen LogP contribution is 2.38. The molecule has 1 nitrogen and oxygen atoms in total. The number of rotatable bonds is 7. The number of aliphatic hydroxyl groups is 1. The van der Waals surface area contributed by atoms with Crippen molar-refractivity contribution in [2.45, 2.75) is 77.7 Å². The van der Waals surface area contributed by atoms with Crippen LogP contribution in [0.5, 0.6) is 0 Å². The summed E-state index contributed by atoms with van der Waals surface area (Å²) in [6.45, 7) is 4.49. The highest BCUT2D eigenvalue weighted by molar-refractivity contribution is 5.25. The largest absolute Gasteiger partial charge is 0.388 e. The van der Waals surface area contributed by atoms with Crippen LogP contribution in [-0.4, -0.2) is 5.11 Å². The van der Waals surface area contributed by atoms with Gasteiger partial charge in [-0.1, -0.05) is 76.6 Å². The number of aryl methyl sites for hydroxylation is 1. The maximum absolute atomic E-state index is 10.7. The van der Waals surface area contributed by atoms with Crippen LogP contribution in [0.4, 0.5) is 0 Å². The van der Waals surface area contributed by atoms with Crippen molar-refractivity contribution in [3.8, 4) is 0 Å². The second kappa shape index (κ2) is 8.58. The molecule has 1 atom stereocenters. The van der Waals surface area contributed by atoms with Gasteiger partial charge in [-0.25, -0.2) is 0 Å². The molecule has 1 fully saturated rings. The molecule has 21 heavy (non-hydrogen) atoms. The van der Waals surface area contributed by atoms with Gasteiger partial charge in [0, 0.05) is 0 Å². The van der Waals surface area contributed by atoms with E-state index in [2.05, 4.69) is 38.1 Å². The Morgan fingerprint density at radius 2 is 1.86 bits per heavy atom. The Morgan fingerprint density at radius 1 is 1.10 bits per heavy atom. The van der Waals surface area contributed by atoms with Crippen LogP contribution in [0, 0.1) is 11.8 Å². The van der Waals surface area contributed by atoms with Gasteiger partial charge in [0.1, 0.15) is 0 Å². The van der Waals surface area contributed by atoms with Crippen LogP contribution in [0.1, 0.15) is 82.4 Å². The Balaban J connectivity index is 1.89. The Labute approximate surface area is 130 Å². The first-order valence-electron chi connectivity index (χ1n) is 9.01. The van der Waals surface area contributed by atoms with Crippen molar-refractivity contribution in [3.05, 3.63) is 35.4 Å². The lowest BCUT2D eigenvalue weighted by Crippen LogP contribution is -2.20. The first-order chi connectivity index (χ1) is 10.2. The van der Waals surface area contributed by atoms with Gasteiger partial charge in [0.25, 0.3) is 0 Å². The van der Waals surface area contributed by atoms with Crippen LogP contribution >= 0.6 is 0 Å². The van der Waals surface area contributed by atoms with Gasteiger partial charge in [-0.2, -0.15) is 0 Å². The van der Waals surface area contributed by atoms with Crippen LogP contribution < -0.4 is 0 Å². The number of benzene rings is 1. The summed E-state index contributed by atoms with van der Waals surface area (Å²) in [6.07, 6.45) is 11.1. The zero-order valence-corrected chi connectivity index (χ0v) is 13.9. The third-order valence-electron chi connectivity index (χ3n) is 5.14. The van der Waals surface area contributed by atoms with Gasteiger partial charge in [0.2, 0.25) is 0 Å². The third-order valence-corrected chi connectivity index (χ3v) is 5.14. The number of unbranched alkanes of at least 4 members (excludes halogenated alkanes) is 1. The van der Waals surface area contributed by atoms with Crippen molar-refractivity contribution in [1.82, 2.24) is 0 Å². The summed E-state index contributed by atoms with van der Waals surface area (Å²) in [5.41, 5.74) is 2.50. The third kappa shape index (κ3) is 4.85. The summed E-state index contributed by atoms with van der Waals surface area (Å²) in [7, 11) is 0. The van der Waals surface area contributed by atoms with Gasteiger partial charge in [-0.3, -0.25) is 0 Å². The molecule has 1 unspecified atom stereocenters. The molecule has 0 heterocycles. The lowest BCUT2D eigenvalue weighted by Gasteiger charge is -2.32. The van der Waals surface area contributed by atoms with E-state index in [0.29, 0.717) is 5.92 Å². The molecule has 1 N–H and O–H groups in total. The first-order valence-corrected chi connectivity index (χ1v) is 9.01. The maximum atomic E-state index is 10.7. The summed E-state index contributed by atoms with van der Waals surface area (Å²) in [5.74, 6) is 1.39. The van der Waals surface area contributed by atoms with E-state index in [1.807, 2.05) is 0 Å². The van der Waals surface area contributed by atoms with E-state index < -0.39 is 0 Å². The lowest BCUT2D eigenvalue weighted by molar-refractivity contribution is 0.0719. The van der Waals surface area contributed by atoms with E-state index >= 15 is 0 Å². The first kappa shape index (κ1) is 16.5. The van der Waals surface area contributed by atoms with Gasteiger partial charge in [-0.05, 0) is 42.2 Å². The van der Waals surface area contributed by atoms with Gasteiger partial charge >= 0.3 is 0 Å². The molecule has 1 saturated carbocycles. The molecule has 1 aromatic carbocycles. The predicted octanol–water partition coefficient (Wildman–Crippen LogP) is 5.67. The number of hydrogen-bond acceptors (Lipinski definition) is 1. The second-order valence-electron chi connectivity index (χ2n) is 6.86. The predicted molar refractivity (Wildman–Crippen MR) is 90.4 cm³/mol. The summed E-state index contributed by atoms with van der Waals surface area (Å²) in [6, 6.07) is 8.61. The van der Waals surface area contributed by atoms with Crippen molar-refractivity contribution in [3.63, 3.8) is 0 Å². The Bertz CT molecular complexity index is 404. The smallest absolute Gasteiger partial charge is 0.0818 e. The fourth-order valence-corrected chi connectivity index (χ4v) is 3.78. The fraction of sp³-hybridized carbons (Fsp3) is 0.700. The molecular formula is C20H32O. The average Bonchev–Trinajstić information content (AvgIpc) is 2.53. The molecule has 1 aromatic rings. The van der Waals surface area contributed by atoms with Crippen molar-refractivity contribution >= 4 is 0 Å². The Kier molecular flexibility index (Phi) is 6.76. The molecule has 0 aromatic heterocycles. The lowest BCUT2D eigenvalue weighted by atomic mass is 9.76. The van der Waals surface area contributed by atoms with E-state index in [9.17, 15) is 5.11 Å². The number of aliphatic hydroxyl groups excluding tert-OH is 1. The van der Waals surface area contributed by atoms with E-state index in [4.69, 9.17) is 0 Å². The van der Waals surface area contributed by atoms with Crippen molar-refractivity contribution < 1.29 is 5.11 Å². The standard InChI is InChI=1S/C20H32O/c1-3-5-8-16-11-13-18(14-12-16)20(21)19-10-6-9-17(15-19)7-4-2/h6,9-10,15-16,18,20-21H,3-5,7-8,11-14H2,1-2H3.